The van der Waals surface area contributed by atoms with Gasteiger partial charge in [0.25, 0.3) is 0 Å². The van der Waals surface area contributed by atoms with Crippen molar-refractivity contribution in [3.63, 3.8) is 0 Å². The van der Waals surface area contributed by atoms with E-state index in [0.29, 0.717) is 0 Å². The van der Waals surface area contributed by atoms with E-state index in [9.17, 15) is 0 Å². The molecule has 0 aromatic heterocycles. The maximum atomic E-state index is 2.50. The first kappa shape index (κ1) is 11.1. The van der Waals surface area contributed by atoms with Gasteiger partial charge in [-0.15, -0.1) is 0 Å². The summed E-state index contributed by atoms with van der Waals surface area (Å²) in [7, 11) is 4.38. The molecule has 0 N–H and O–H groups in total. The third-order valence-electron chi connectivity index (χ3n) is 2.37. The number of hydrogen-bond acceptors (Lipinski definition) is 2. The highest BCUT2D eigenvalue weighted by molar-refractivity contribution is 14.1. The lowest BCUT2D eigenvalue weighted by Crippen LogP contribution is -2.17. The Hall–Kier alpha value is 1.04. The summed E-state index contributed by atoms with van der Waals surface area (Å²) in [5, 5.41) is 0.900. The molecule has 3 unspecified atom stereocenters. The van der Waals surface area contributed by atoms with Crippen molar-refractivity contribution >= 4 is 34.4 Å². The van der Waals surface area contributed by atoms with Crippen LogP contribution in [-0.2, 0) is 0 Å². The molecule has 12 heavy (non-hydrogen) atoms. The third-order valence-corrected chi connectivity index (χ3v) is 5.19. The van der Waals surface area contributed by atoms with Gasteiger partial charge in [0.05, 0.1) is 0 Å². The molecule has 72 valence electrons. The second kappa shape index (κ2) is 4.51. The molecule has 0 bridgehead atoms. The van der Waals surface area contributed by atoms with Crippen LogP contribution in [0.1, 0.15) is 13.8 Å². The zero-order valence-corrected chi connectivity index (χ0v) is 11.2. The van der Waals surface area contributed by atoms with Crippen LogP contribution in [0.3, 0.4) is 0 Å². The van der Waals surface area contributed by atoms with Gasteiger partial charge in [0, 0.05) is 21.0 Å². The summed E-state index contributed by atoms with van der Waals surface area (Å²) < 4.78 is 0.809. The van der Waals surface area contributed by atoms with Gasteiger partial charge < -0.3 is 4.90 Å². The van der Waals surface area contributed by atoms with E-state index >= 15 is 0 Å². The summed E-state index contributed by atoms with van der Waals surface area (Å²) in [6.07, 6.45) is 0. The highest BCUT2D eigenvalue weighted by atomic mass is 127. The Labute approximate surface area is 93.8 Å². The van der Waals surface area contributed by atoms with E-state index in [0.717, 1.165) is 21.1 Å². The van der Waals surface area contributed by atoms with Gasteiger partial charge in [0.2, 0.25) is 0 Å². The van der Waals surface area contributed by atoms with E-state index < -0.39 is 0 Å². The second-order valence-corrected chi connectivity index (χ2v) is 7.23. The van der Waals surface area contributed by atoms with Gasteiger partial charge in [0.15, 0.2) is 0 Å². The van der Waals surface area contributed by atoms with Crippen LogP contribution in [0.4, 0.5) is 0 Å². The van der Waals surface area contributed by atoms with Gasteiger partial charge in [-0.05, 0) is 20.0 Å². The number of hydrogen-bond donors (Lipinski definition) is 0. The number of nitrogens with zero attached hydrogens (tertiary/aromatic N) is 1. The quantitative estimate of drug-likeness (QED) is 0.579. The Morgan fingerprint density at radius 1 is 1.50 bits per heavy atom. The van der Waals surface area contributed by atoms with Crippen LogP contribution in [0.15, 0.2) is 0 Å². The number of alkyl halides is 1. The smallest absolute Gasteiger partial charge is 0.0248 e. The number of rotatable bonds is 4. The summed E-state index contributed by atoms with van der Waals surface area (Å²) in [5.41, 5.74) is 0. The fraction of sp³-hybridized carbons (Fsp3) is 1.00. The Kier molecular flexibility index (Phi) is 4.18. The number of halogens is 1. The molecule has 1 nitrogen and oxygen atoms in total. The largest absolute Gasteiger partial charge is 0.305 e. The van der Waals surface area contributed by atoms with Crippen LogP contribution in [0, 0.1) is 5.92 Å². The average molecular weight is 299 g/mol. The van der Waals surface area contributed by atoms with Crippen molar-refractivity contribution in [3.8, 4) is 0 Å². The minimum Gasteiger partial charge on any atom is -0.305 e. The first-order valence-corrected chi connectivity index (χ1v) is 6.75. The molecule has 4 atom stereocenters. The lowest BCUT2D eigenvalue weighted by Gasteiger charge is -2.08. The summed E-state index contributed by atoms with van der Waals surface area (Å²) in [4.78, 5) is 2.36. The predicted octanol–water partition coefficient (Wildman–Crippen LogP) is 2.49. The first-order valence-electron chi connectivity index (χ1n) is 4.46. The van der Waals surface area contributed by atoms with E-state index in [1.54, 1.807) is 0 Å². The van der Waals surface area contributed by atoms with Crippen LogP contribution in [-0.4, -0.2) is 40.0 Å². The van der Waals surface area contributed by atoms with E-state index in [-0.39, 0.29) is 0 Å². The molecule has 0 radical (unpaired) electrons. The Bertz CT molecular complexity index is 149. The van der Waals surface area contributed by atoms with Crippen molar-refractivity contribution < 1.29 is 0 Å². The summed E-state index contributed by atoms with van der Waals surface area (Å²) in [5.74, 6) is 2.21. The highest BCUT2D eigenvalue weighted by Gasteiger charge is 2.48. The van der Waals surface area contributed by atoms with Crippen molar-refractivity contribution in [2.45, 2.75) is 29.1 Å². The molecule has 0 amide bonds. The van der Waals surface area contributed by atoms with Gasteiger partial charge in [-0.25, -0.2) is 0 Å². The minimum atomic E-state index is 0.809. The molecule has 3 heteroatoms. The summed E-state index contributed by atoms with van der Waals surface area (Å²) in [6, 6.07) is 0.838. The van der Waals surface area contributed by atoms with Crippen molar-refractivity contribution in [2.75, 3.05) is 19.8 Å². The average Bonchev–Trinajstić information content (AvgIpc) is 2.57. The van der Waals surface area contributed by atoms with E-state index in [1.165, 1.54) is 5.75 Å². The van der Waals surface area contributed by atoms with E-state index in [1.807, 2.05) is 0 Å². The summed E-state index contributed by atoms with van der Waals surface area (Å²) >= 11 is 4.65. The Balaban J connectivity index is 2.20. The maximum Gasteiger partial charge on any atom is 0.0248 e. The second-order valence-electron chi connectivity index (χ2n) is 3.89. The highest BCUT2D eigenvalue weighted by Crippen LogP contribution is 2.44. The SMILES string of the molecule is CC(I)CSC1C(C)[C@H]1N(C)C. The van der Waals surface area contributed by atoms with Crippen molar-refractivity contribution in [2.24, 2.45) is 5.92 Å². The van der Waals surface area contributed by atoms with Crippen LogP contribution >= 0.6 is 34.4 Å². The monoisotopic (exact) mass is 299 g/mol. The number of thioether (sulfide) groups is 1. The molecular weight excluding hydrogens is 281 g/mol. The molecular formula is C9H18INS. The molecule has 0 heterocycles. The van der Waals surface area contributed by atoms with Gasteiger partial charge in [0.1, 0.15) is 0 Å². The molecule has 0 spiro atoms. The fourth-order valence-electron chi connectivity index (χ4n) is 1.66. The summed E-state index contributed by atoms with van der Waals surface area (Å²) in [6.45, 7) is 4.64. The fourth-order valence-corrected chi connectivity index (χ4v) is 3.84. The van der Waals surface area contributed by atoms with Crippen LogP contribution < -0.4 is 0 Å². The topological polar surface area (TPSA) is 3.24 Å². The molecule has 0 aromatic rings. The molecule has 0 aliphatic heterocycles. The van der Waals surface area contributed by atoms with Crippen molar-refractivity contribution in [1.29, 1.82) is 0 Å². The molecule has 1 rings (SSSR count). The zero-order chi connectivity index (χ0) is 9.30. The lowest BCUT2D eigenvalue weighted by atomic mass is 10.5. The molecule has 0 saturated heterocycles. The molecule has 0 aromatic carbocycles. The van der Waals surface area contributed by atoms with Crippen LogP contribution in [0.2, 0.25) is 0 Å². The van der Waals surface area contributed by atoms with E-state index in [2.05, 4.69) is 67.2 Å². The predicted molar refractivity (Wildman–Crippen MR) is 66.4 cm³/mol. The van der Waals surface area contributed by atoms with Crippen molar-refractivity contribution in [1.82, 2.24) is 4.90 Å². The third kappa shape index (κ3) is 2.77. The molecule has 1 aliphatic carbocycles. The van der Waals surface area contributed by atoms with Gasteiger partial charge in [-0.3, -0.25) is 0 Å². The molecule has 1 fully saturated rings. The van der Waals surface area contributed by atoms with Crippen LogP contribution in [0.25, 0.3) is 0 Å². The molecule has 1 saturated carbocycles. The van der Waals surface area contributed by atoms with Gasteiger partial charge in [-0.1, -0.05) is 36.4 Å². The molecule has 1 aliphatic rings. The standard InChI is InChI=1S/C9H18INS/c1-6(10)5-12-9-7(2)8(9)11(3)4/h6-9H,5H2,1-4H3/t6?,7?,8-,9?/m1/s1. The maximum absolute atomic E-state index is 2.50. The van der Waals surface area contributed by atoms with Crippen molar-refractivity contribution in [3.05, 3.63) is 0 Å². The Morgan fingerprint density at radius 2 is 2.08 bits per heavy atom. The first-order chi connectivity index (χ1) is 5.54. The Morgan fingerprint density at radius 3 is 2.42 bits per heavy atom. The van der Waals surface area contributed by atoms with Crippen LogP contribution in [0.5, 0.6) is 0 Å². The lowest BCUT2D eigenvalue weighted by molar-refractivity contribution is 0.383. The van der Waals surface area contributed by atoms with E-state index in [4.69, 9.17) is 0 Å². The zero-order valence-electron chi connectivity index (χ0n) is 8.25. The normalized spacial score (nSPS) is 37.0. The minimum absolute atomic E-state index is 0.809. The van der Waals surface area contributed by atoms with Gasteiger partial charge in [-0.2, -0.15) is 11.8 Å². The van der Waals surface area contributed by atoms with Gasteiger partial charge >= 0.3 is 0 Å².